The van der Waals surface area contributed by atoms with E-state index in [0.717, 1.165) is 29.4 Å². The standard InChI is InChI=1S/C20H30BNO4/c1-7-8-16(24-6)13-22-12-14-9-10-15(11-17(14)18(22)23)21-25-19(2,3)20(4,5)26-21/h9-11,16H,7-8,12-13H2,1-6H3. The van der Waals surface area contributed by atoms with Crippen LogP contribution in [-0.4, -0.2) is 48.9 Å². The SMILES string of the molecule is CCCC(CN1Cc2ccc(B3OC(C)(C)C(C)(C)O3)cc2C1=O)OC. The van der Waals surface area contributed by atoms with Crippen LogP contribution in [0, 0.1) is 0 Å². The van der Waals surface area contributed by atoms with Gasteiger partial charge in [0.05, 0.1) is 17.3 Å². The van der Waals surface area contributed by atoms with Gasteiger partial charge in [-0.3, -0.25) is 4.79 Å². The van der Waals surface area contributed by atoms with Crippen LogP contribution in [0.3, 0.4) is 0 Å². The Hall–Kier alpha value is -1.37. The second-order valence-corrected chi connectivity index (χ2v) is 8.34. The second-order valence-electron chi connectivity index (χ2n) is 8.34. The fourth-order valence-corrected chi connectivity index (χ4v) is 3.50. The summed E-state index contributed by atoms with van der Waals surface area (Å²) in [6.45, 7) is 11.5. The maximum Gasteiger partial charge on any atom is 0.494 e. The van der Waals surface area contributed by atoms with E-state index in [0.29, 0.717) is 13.1 Å². The Bertz CT molecular complexity index is 672. The van der Waals surface area contributed by atoms with Gasteiger partial charge in [-0.1, -0.05) is 25.5 Å². The Kier molecular flexibility index (Phi) is 5.21. The lowest BCUT2D eigenvalue weighted by Gasteiger charge is -2.32. The molecule has 0 aliphatic carbocycles. The van der Waals surface area contributed by atoms with Crippen LogP contribution in [0.4, 0.5) is 0 Å². The van der Waals surface area contributed by atoms with Gasteiger partial charge in [0.25, 0.3) is 5.91 Å². The molecule has 0 saturated carbocycles. The highest BCUT2D eigenvalue weighted by molar-refractivity contribution is 6.62. The smallest absolute Gasteiger partial charge is 0.399 e. The normalized spacial score (nSPS) is 22.0. The molecule has 1 amide bonds. The molecule has 1 aromatic rings. The number of hydrogen-bond acceptors (Lipinski definition) is 4. The van der Waals surface area contributed by atoms with E-state index in [-0.39, 0.29) is 12.0 Å². The number of rotatable bonds is 6. The van der Waals surface area contributed by atoms with Crippen molar-refractivity contribution in [3.05, 3.63) is 29.3 Å². The maximum atomic E-state index is 12.9. The minimum absolute atomic E-state index is 0.0662. The summed E-state index contributed by atoms with van der Waals surface area (Å²) in [5, 5.41) is 0. The van der Waals surface area contributed by atoms with Crippen LogP contribution in [0.1, 0.15) is 63.4 Å². The Balaban J connectivity index is 1.77. The maximum absolute atomic E-state index is 12.9. The van der Waals surface area contributed by atoms with Crippen LogP contribution in [-0.2, 0) is 20.6 Å². The molecule has 3 rings (SSSR count). The summed E-state index contributed by atoms with van der Waals surface area (Å²) < 4.78 is 17.8. The first-order chi connectivity index (χ1) is 12.2. The van der Waals surface area contributed by atoms with Crippen LogP contribution in [0.15, 0.2) is 18.2 Å². The third-order valence-electron chi connectivity index (χ3n) is 5.91. The molecule has 0 bridgehead atoms. The van der Waals surface area contributed by atoms with Crippen LogP contribution >= 0.6 is 0 Å². The van der Waals surface area contributed by atoms with Crippen molar-refractivity contribution in [1.29, 1.82) is 0 Å². The number of carbonyl (C=O) groups is 1. The molecule has 1 fully saturated rings. The van der Waals surface area contributed by atoms with Crippen molar-refractivity contribution in [2.24, 2.45) is 0 Å². The molecule has 1 aromatic carbocycles. The van der Waals surface area contributed by atoms with Crippen molar-refractivity contribution >= 4 is 18.5 Å². The number of nitrogens with zero attached hydrogens (tertiary/aromatic N) is 1. The third-order valence-corrected chi connectivity index (χ3v) is 5.91. The molecule has 0 radical (unpaired) electrons. The van der Waals surface area contributed by atoms with Gasteiger partial charge in [0.2, 0.25) is 0 Å². The van der Waals surface area contributed by atoms with Crippen molar-refractivity contribution < 1.29 is 18.8 Å². The van der Waals surface area contributed by atoms with Crippen molar-refractivity contribution in [2.75, 3.05) is 13.7 Å². The van der Waals surface area contributed by atoms with Gasteiger partial charge in [0, 0.05) is 25.8 Å². The molecule has 26 heavy (non-hydrogen) atoms. The fraction of sp³-hybridized carbons (Fsp3) is 0.650. The Labute approximate surface area is 157 Å². The molecule has 0 aromatic heterocycles. The number of fused-ring (bicyclic) bond motifs is 1. The quantitative estimate of drug-likeness (QED) is 0.733. The fourth-order valence-electron chi connectivity index (χ4n) is 3.50. The van der Waals surface area contributed by atoms with Gasteiger partial charge in [-0.05, 0) is 51.2 Å². The zero-order chi connectivity index (χ0) is 19.1. The molecule has 5 nitrogen and oxygen atoms in total. The molecule has 1 atom stereocenters. The Morgan fingerprint density at radius 3 is 2.46 bits per heavy atom. The van der Waals surface area contributed by atoms with Gasteiger partial charge in [-0.15, -0.1) is 0 Å². The van der Waals surface area contributed by atoms with E-state index in [2.05, 4.69) is 6.92 Å². The van der Waals surface area contributed by atoms with E-state index in [1.165, 1.54) is 0 Å². The van der Waals surface area contributed by atoms with E-state index in [4.69, 9.17) is 14.0 Å². The van der Waals surface area contributed by atoms with Crippen LogP contribution in [0.5, 0.6) is 0 Å². The third kappa shape index (κ3) is 3.42. The summed E-state index contributed by atoms with van der Waals surface area (Å²) in [6.07, 6.45) is 2.08. The summed E-state index contributed by atoms with van der Waals surface area (Å²) >= 11 is 0. The topological polar surface area (TPSA) is 48.0 Å². The van der Waals surface area contributed by atoms with Crippen LogP contribution in [0.2, 0.25) is 0 Å². The number of methoxy groups -OCH3 is 1. The Morgan fingerprint density at radius 2 is 1.88 bits per heavy atom. The molecule has 1 unspecified atom stereocenters. The number of amides is 1. The van der Waals surface area contributed by atoms with Gasteiger partial charge in [-0.2, -0.15) is 0 Å². The Morgan fingerprint density at radius 1 is 1.23 bits per heavy atom. The molecular formula is C20H30BNO4. The monoisotopic (exact) mass is 359 g/mol. The van der Waals surface area contributed by atoms with Crippen molar-refractivity contribution in [3.8, 4) is 0 Å². The molecular weight excluding hydrogens is 329 g/mol. The van der Waals surface area contributed by atoms with Crippen molar-refractivity contribution in [2.45, 2.75) is 71.3 Å². The highest BCUT2D eigenvalue weighted by Crippen LogP contribution is 2.36. The summed E-state index contributed by atoms with van der Waals surface area (Å²) in [4.78, 5) is 14.7. The van der Waals surface area contributed by atoms with Gasteiger partial charge < -0.3 is 18.9 Å². The number of hydrogen-bond donors (Lipinski definition) is 0. The average molecular weight is 359 g/mol. The summed E-state index contributed by atoms with van der Waals surface area (Å²) in [6, 6.07) is 5.97. The molecule has 2 aliphatic heterocycles. The van der Waals surface area contributed by atoms with E-state index in [1.807, 2.05) is 50.8 Å². The number of benzene rings is 1. The first-order valence-corrected chi connectivity index (χ1v) is 9.49. The predicted molar refractivity (Wildman–Crippen MR) is 103 cm³/mol. The lowest BCUT2D eigenvalue weighted by atomic mass is 9.78. The number of ether oxygens (including phenoxy) is 1. The molecule has 142 valence electrons. The minimum Gasteiger partial charge on any atom is -0.399 e. The second kappa shape index (κ2) is 6.99. The average Bonchev–Trinajstić information content (AvgIpc) is 3.00. The van der Waals surface area contributed by atoms with Gasteiger partial charge in [0.15, 0.2) is 0 Å². The van der Waals surface area contributed by atoms with E-state index >= 15 is 0 Å². The van der Waals surface area contributed by atoms with Crippen molar-refractivity contribution in [3.63, 3.8) is 0 Å². The lowest BCUT2D eigenvalue weighted by molar-refractivity contribution is 0.00578. The molecule has 2 heterocycles. The van der Waals surface area contributed by atoms with Gasteiger partial charge in [0.1, 0.15) is 0 Å². The zero-order valence-corrected chi connectivity index (χ0v) is 16.8. The summed E-state index contributed by atoms with van der Waals surface area (Å²) in [5.74, 6) is 0.0662. The number of carbonyl (C=O) groups excluding carboxylic acids is 1. The molecule has 0 N–H and O–H groups in total. The minimum atomic E-state index is -0.445. The van der Waals surface area contributed by atoms with Gasteiger partial charge >= 0.3 is 7.12 Å². The highest BCUT2D eigenvalue weighted by Gasteiger charge is 2.52. The molecule has 6 heteroatoms. The molecule has 1 saturated heterocycles. The molecule has 2 aliphatic rings. The molecule has 0 spiro atoms. The van der Waals surface area contributed by atoms with Crippen LogP contribution in [0.25, 0.3) is 0 Å². The van der Waals surface area contributed by atoms with E-state index in [1.54, 1.807) is 7.11 Å². The van der Waals surface area contributed by atoms with Crippen LogP contribution < -0.4 is 5.46 Å². The summed E-state index contributed by atoms with van der Waals surface area (Å²) in [7, 11) is 1.27. The van der Waals surface area contributed by atoms with Gasteiger partial charge in [-0.25, -0.2) is 0 Å². The largest absolute Gasteiger partial charge is 0.494 e. The summed E-state index contributed by atoms with van der Waals surface area (Å²) in [5.41, 5.74) is 1.93. The lowest BCUT2D eigenvalue weighted by Crippen LogP contribution is -2.41. The predicted octanol–water partition coefficient (Wildman–Crippen LogP) is 2.76. The first kappa shape index (κ1) is 19.4. The zero-order valence-electron chi connectivity index (χ0n) is 16.8. The highest BCUT2D eigenvalue weighted by atomic mass is 16.7. The first-order valence-electron chi connectivity index (χ1n) is 9.49. The van der Waals surface area contributed by atoms with E-state index in [9.17, 15) is 4.79 Å². The van der Waals surface area contributed by atoms with Crippen molar-refractivity contribution in [1.82, 2.24) is 4.90 Å². The van der Waals surface area contributed by atoms with E-state index < -0.39 is 18.3 Å².